The zero-order valence-corrected chi connectivity index (χ0v) is 12.9. The van der Waals surface area contributed by atoms with Crippen molar-refractivity contribution >= 4 is 28.8 Å². The number of amides is 1. The molecule has 1 amide bonds. The molecular formula is C14H15ClN2O3S. The summed E-state index contributed by atoms with van der Waals surface area (Å²) in [5.41, 5.74) is 1.59. The van der Waals surface area contributed by atoms with Gasteiger partial charge < -0.3 is 15.2 Å². The van der Waals surface area contributed by atoms with Crippen molar-refractivity contribution in [3.8, 4) is 17.0 Å². The van der Waals surface area contributed by atoms with E-state index in [0.717, 1.165) is 17.0 Å². The van der Waals surface area contributed by atoms with E-state index in [-0.39, 0.29) is 18.3 Å². The van der Waals surface area contributed by atoms with Crippen LogP contribution in [0.4, 0.5) is 0 Å². The fraction of sp³-hybridized carbons (Fsp3) is 0.286. The number of aliphatic hydroxyl groups is 1. The summed E-state index contributed by atoms with van der Waals surface area (Å²) in [4.78, 5) is 15.5. The van der Waals surface area contributed by atoms with Crippen LogP contribution in [-0.2, 0) is 4.79 Å². The number of carbonyl (C=O) groups excluding carboxylic acids is 1. The van der Waals surface area contributed by atoms with E-state index < -0.39 is 6.10 Å². The molecule has 7 heteroatoms. The Hall–Kier alpha value is -1.63. The van der Waals surface area contributed by atoms with Gasteiger partial charge in [-0.15, -0.1) is 22.9 Å². The molecule has 0 spiro atoms. The molecule has 2 aromatic rings. The summed E-state index contributed by atoms with van der Waals surface area (Å²) in [6.07, 6.45) is -0.856. The van der Waals surface area contributed by atoms with Gasteiger partial charge in [-0.3, -0.25) is 4.79 Å². The molecule has 5 nitrogen and oxygen atoms in total. The molecular weight excluding hydrogens is 312 g/mol. The average molecular weight is 327 g/mol. The minimum Gasteiger partial charge on any atom is -0.496 e. The van der Waals surface area contributed by atoms with E-state index in [0.29, 0.717) is 5.01 Å². The number of rotatable bonds is 6. The first kappa shape index (κ1) is 15.8. The Labute approximate surface area is 131 Å². The molecule has 0 aliphatic rings. The topological polar surface area (TPSA) is 71.5 Å². The van der Waals surface area contributed by atoms with Gasteiger partial charge >= 0.3 is 0 Å². The first-order valence-corrected chi connectivity index (χ1v) is 7.66. The zero-order valence-electron chi connectivity index (χ0n) is 11.4. The van der Waals surface area contributed by atoms with Crippen molar-refractivity contribution in [3.63, 3.8) is 0 Å². The van der Waals surface area contributed by atoms with Gasteiger partial charge in [-0.2, -0.15) is 0 Å². The highest BCUT2D eigenvalue weighted by molar-refractivity contribution is 7.10. The second-order valence-corrected chi connectivity index (χ2v) is 5.38. The van der Waals surface area contributed by atoms with Crippen LogP contribution in [0.25, 0.3) is 11.3 Å². The number of carbonyl (C=O) groups is 1. The maximum Gasteiger partial charge on any atom is 0.235 e. The molecule has 2 rings (SSSR count). The Morgan fingerprint density at radius 3 is 3.00 bits per heavy atom. The number of benzene rings is 1. The van der Waals surface area contributed by atoms with Gasteiger partial charge in [-0.25, -0.2) is 4.98 Å². The lowest BCUT2D eigenvalue weighted by atomic mass is 10.1. The van der Waals surface area contributed by atoms with Crippen LogP contribution in [0.1, 0.15) is 11.1 Å². The van der Waals surface area contributed by atoms with Crippen molar-refractivity contribution in [1.29, 1.82) is 0 Å². The molecule has 0 radical (unpaired) electrons. The quantitative estimate of drug-likeness (QED) is 0.798. The third kappa shape index (κ3) is 3.93. The van der Waals surface area contributed by atoms with Crippen LogP contribution in [0, 0.1) is 0 Å². The van der Waals surface area contributed by atoms with Gasteiger partial charge in [-0.05, 0) is 12.1 Å². The van der Waals surface area contributed by atoms with Gasteiger partial charge in [0.1, 0.15) is 22.7 Å². The third-order valence-corrected chi connectivity index (χ3v) is 3.99. The molecule has 0 aliphatic heterocycles. The van der Waals surface area contributed by atoms with Gasteiger partial charge in [0.2, 0.25) is 5.91 Å². The zero-order chi connectivity index (χ0) is 15.2. The van der Waals surface area contributed by atoms with Crippen LogP contribution in [0.3, 0.4) is 0 Å². The number of hydrogen-bond acceptors (Lipinski definition) is 5. The number of para-hydroxylation sites is 1. The number of nitrogens with one attached hydrogen (secondary N) is 1. The Balaban J connectivity index is 2.12. The molecule has 0 aliphatic carbocycles. The molecule has 0 saturated heterocycles. The first-order chi connectivity index (χ1) is 10.2. The molecule has 2 N–H and O–H groups in total. The largest absolute Gasteiger partial charge is 0.496 e. The van der Waals surface area contributed by atoms with E-state index in [1.807, 2.05) is 29.6 Å². The molecule has 0 fully saturated rings. The Kier molecular flexibility index (Phi) is 5.55. The number of aromatic nitrogens is 1. The lowest BCUT2D eigenvalue weighted by Gasteiger charge is -2.08. The molecule has 0 saturated carbocycles. The van der Waals surface area contributed by atoms with Crippen molar-refractivity contribution in [1.82, 2.24) is 10.3 Å². The number of aliphatic hydroxyl groups excluding tert-OH is 1. The highest BCUT2D eigenvalue weighted by atomic mass is 35.5. The third-order valence-electron chi connectivity index (χ3n) is 2.80. The molecule has 1 aromatic heterocycles. The van der Waals surface area contributed by atoms with Crippen molar-refractivity contribution in [2.75, 3.05) is 19.5 Å². The predicted molar refractivity (Wildman–Crippen MR) is 82.8 cm³/mol. The normalized spacial score (nSPS) is 12.0. The Morgan fingerprint density at radius 1 is 1.52 bits per heavy atom. The number of hydrogen-bond donors (Lipinski definition) is 2. The molecule has 112 valence electrons. The summed E-state index contributed by atoms with van der Waals surface area (Å²) in [7, 11) is 1.60. The van der Waals surface area contributed by atoms with E-state index in [1.54, 1.807) is 7.11 Å². The summed E-state index contributed by atoms with van der Waals surface area (Å²) < 4.78 is 5.29. The second kappa shape index (κ2) is 7.40. The number of halogens is 1. The van der Waals surface area contributed by atoms with Crippen LogP contribution in [-0.4, -0.2) is 35.5 Å². The van der Waals surface area contributed by atoms with Gasteiger partial charge in [-0.1, -0.05) is 12.1 Å². The van der Waals surface area contributed by atoms with Gasteiger partial charge in [0.15, 0.2) is 0 Å². The van der Waals surface area contributed by atoms with E-state index in [1.165, 1.54) is 11.3 Å². The van der Waals surface area contributed by atoms with Gasteiger partial charge in [0.25, 0.3) is 0 Å². The van der Waals surface area contributed by atoms with Gasteiger partial charge in [0, 0.05) is 10.9 Å². The molecule has 1 atom stereocenters. The standard InChI is InChI=1S/C14H15ClN2O3S/c1-20-12-5-3-2-4-9(12)10-8-21-14(17-10)11(18)7-16-13(19)6-15/h2-5,8,11,18H,6-7H2,1H3,(H,16,19)/t11-/m1/s1. The molecule has 21 heavy (non-hydrogen) atoms. The Bertz CT molecular complexity index is 618. The Morgan fingerprint density at radius 2 is 2.29 bits per heavy atom. The SMILES string of the molecule is COc1ccccc1-c1csc([C@H](O)CNC(=O)CCl)n1. The minimum atomic E-state index is -0.856. The fourth-order valence-electron chi connectivity index (χ4n) is 1.77. The second-order valence-electron chi connectivity index (χ2n) is 4.22. The summed E-state index contributed by atoms with van der Waals surface area (Å²) in [5.74, 6) is 0.272. The highest BCUT2D eigenvalue weighted by Crippen LogP contribution is 2.31. The number of ether oxygens (including phenoxy) is 1. The minimum absolute atomic E-state index is 0.0877. The van der Waals surface area contributed by atoms with E-state index in [9.17, 15) is 9.90 Å². The van der Waals surface area contributed by atoms with Gasteiger partial charge in [0.05, 0.1) is 19.3 Å². The first-order valence-electron chi connectivity index (χ1n) is 6.25. The maximum atomic E-state index is 11.1. The monoisotopic (exact) mass is 326 g/mol. The summed E-state index contributed by atoms with van der Waals surface area (Å²) in [5, 5.41) is 14.9. The number of methoxy groups -OCH3 is 1. The van der Waals surface area contributed by atoms with Crippen LogP contribution >= 0.6 is 22.9 Å². The van der Waals surface area contributed by atoms with Crippen LogP contribution in [0.5, 0.6) is 5.75 Å². The van der Waals surface area contributed by atoms with Crippen molar-refractivity contribution in [2.45, 2.75) is 6.10 Å². The van der Waals surface area contributed by atoms with Crippen LogP contribution in [0.2, 0.25) is 0 Å². The predicted octanol–water partition coefficient (Wildman–Crippen LogP) is 2.21. The average Bonchev–Trinajstić information content (AvgIpc) is 3.02. The van der Waals surface area contributed by atoms with Crippen molar-refractivity contribution in [3.05, 3.63) is 34.7 Å². The fourth-order valence-corrected chi connectivity index (χ4v) is 2.66. The van der Waals surface area contributed by atoms with E-state index >= 15 is 0 Å². The number of nitrogens with zero attached hydrogens (tertiary/aromatic N) is 1. The lowest BCUT2D eigenvalue weighted by molar-refractivity contribution is -0.119. The lowest BCUT2D eigenvalue weighted by Crippen LogP contribution is -2.29. The smallest absolute Gasteiger partial charge is 0.235 e. The molecule has 1 aromatic carbocycles. The number of thiazole rings is 1. The molecule has 0 bridgehead atoms. The van der Waals surface area contributed by atoms with E-state index in [2.05, 4.69) is 10.3 Å². The molecule has 1 heterocycles. The summed E-state index contributed by atoms with van der Waals surface area (Å²) >= 11 is 6.71. The van der Waals surface area contributed by atoms with Crippen LogP contribution in [0.15, 0.2) is 29.6 Å². The van der Waals surface area contributed by atoms with Crippen molar-refractivity contribution in [2.24, 2.45) is 0 Å². The van der Waals surface area contributed by atoms with Crippen molar-refractivity contribution < 1.29 is 14.6 Å². The number of alkyl halides is 1. The summed E-state index contributed by atoms with van der Waals surface area (Å²) in [6, 6.07) is 7.53. The highest BCUT2D eigenvalue weighted by Gasteiger charge is 2.15. The molecule has 0 unspecified atom stereocenters. The summed E-state index contributed by atoms with van der Waals surface area (Å²) in [6.45, 7) is 0.0877. The van der Waals surface area contributed by atoms with Crippen LogP contribution < -0.4 is 10.1 Å². The maximum absolute atomic E-state index is 11.1. The van der Waals surface area contributed by atoms with E-state index in [4.69, 9.17) is 16.3 Å².